The third-order valence-electron chi connectivity index (χ3n) is 5.34. The van der Waals surface area contributed by atoms with Crippen LogP contribution in [0.5, 0.6) is 5.75 Å². The molecule has 0 spiro atoms. The first-order valence-corrected chi connectivity index (χ1v) is 10.9. The maximum absolute atomic E-state index is 12.5. The predicted octanol–water partition coefficient (Wildman–Crippen LogP) is 2.62. The van der Waals surface area contributed by atoms with Gasteiger partial charge in [-0.3, -0.25) is 14.5 Å². The molecule has 3 rings (SSSR count). The van der Waals surface area contributed by atoms with Crippen molar-refractivity contribution in [2.45, 2.75) is 25.2 Å². The molecule has 1 aliphatic rings. The molecular weight excluding hydrogens is 447 g/mol. The fourth-order valence-corrected chi connectivity index (χ4v) is 4.43. The average Bonchev–Trinajstić information content (AvgIpc) is 3.08. The van der Waals surface area contributed by atoms with Gasteiger partial charge in [0, 0.05) is 19.2 Å². The second-order valence-electron chi connectivity index (χ2n) is 7.94. The number of aromatic nitrogens is 1. The summed E-state index contributed by atoms with van der Waals surface area (Å²) in [6, 6.07) is 4.10. The maximum Gasteiger partial charge on any atom is 0.573 e. The van der Waals surface area contributed by atoms with Crippen LogP contribution in [0.4, 0.5) is 18.3 Å². The molecule has 0 aliphatic carbocycles. The molecule has 0 atom stereocenters. The van der Waals surface area contributed by atoms with Gasteiger partial charge < -0.3 is 19.9 Å². The number of ether oxygens (including phenoxy) is 1. The van der Waals surface area contributed by atoms with Gasteiger partial charge in [0.15, 0.2) is 5.13 Å². The molecule has 1 saturated heterocycles. The molecule has 2 heterocycles. The third-order valence-corrected chi connectivity index (χ3v) is 6.28. The van der Waals surface area contributed by atoms with E-state index in [1.165, 1.54) is 17.0 Å². The Kier molecular flexibility index (Phi) is 7.57. The highest BCUT2D eigenvalue weighted by Crippen LogP contribution is 2.31. The number of nitrogens with one attached hydrogen (secondary N) is 1. The quantitative estimate of drug-likeness (QED) is 0.666. The summed E-state index contributed by atoms with van der Waals surface area (Å²) < 4.78 is 41.5. The van der Waals surface area contributed by atoms with E-state index in [4.69, 9.17) is 0 Å². The monoisotopic (exact) mass is 473 g/mol. The van der Waals surface area contributed by atoms with Crippen molar-refractivity contribution in [2.75, 3.05) is 52.6 Å². The zero-order valence-electron chi connectivity index (χ0n) is 18.1. The average molecular weight is 474 g/mol. The van der Waals surface area contributed by atoms with Crippen molar-refractivity contribution in [3.8, 4) is 5.75 Å². The molecule has 2 aromatic rings. The van der Waals surface area contributed by atoms with Crippen molar-refractivity contribution in [1.29, 1.82) is 0 Å². The summed E-state index contributed by atoms with van der Waals surface area (Å²) in [5, 5.41) is 2.83. The van der Waals surface area contributed by atoms with Gasteiger partial charge in [0.2, 0.25) is 11.8 Å². The fourth-order valence-electron chi connectivity index (χ4n) is 3.52. The number of benzene rings is 1. The Morgan fingerprint density at radius 1 is 1.25 bits per heavy atom. The number of hydrogen-bond donors (Lipinski definition) is 1. The van der Waals surface area contributed by atoms with E-state index in [0.717, 1.165) is 43.3 Å². The number of amides is 2. The van der Waals surface area contributed by atoms with Crippen molar-refractivity contribution in [2.24, 2.45) is 0 Å². The van der Waals surface area contributed by atoms with Gasteiger partial charge in [-0.25, -0.2) is 4.98 Å². The van der Waals surface area contributed by atoms with Gasteiger partial charge in [-0.15, -0.1) is 13.2 Å². The number of thiazole rings is 1. The van der Waals surface area contributed by atoms with Gasteiger partial charge >= 0.3 is 6.36 Å². The van der Waals surface area contributed by atoms with E-state index in [1.54, 1.807) is 7.05 Å². The van der Waals surface area contributed by atoms with Crippen LogP contribution in [0.3, 0.4) is 0 Å². The van der Waals surface area contributed by atoms with Crippen LogP contribution in [-0.4, -0.2) is 91.2 Å². The number of carbonyl (C=O) groups is 2. The number of carbonyl (C=O) groups excluding carboxylic acids is 2. The van der Waals surface area contributed by atoms with Gasteiger partial charge in [-0.1, -0.05) is 11.3 Å². The van der Waals surface area contributed by atoms with Crippen LogP contribution in [0.25, 0.3) is 10.2 Å². The second-order valence-corrected chi connectivity index (χ2v) is 8.97. The molecule has 0 bridgehead atoms. The van der Waals surface area contributed by atoms with Crippen LogP contribution in [-0.2, 0) is 9.59 Å². The second kappa shape index (κ2) is 10.0. The Labute approximate surface area is 187 Å². The highest BCUT2D eigenvalue weighted by atomic mass is 32.1. The maximum atomic E-state index is 12.5. The van der Waals surface area contributed by atoms with Crippen LogP contribution in [0.15, 0.2) is 18.2 Å². The largest absolute Gasteiger partial charge is 0.573 e. The Bertz CT molecular complexity index is 960. The fraction of sp³-hybridized carbons (Fsp3) is 0.550. The smallest absolute Gasteiger partial charge is 0.406 e. The standard InChI is InChI=1S/C20H26F3N5O3S/c1-26-8-6-13(7-9-26)27(2)12-18(30)28(3)11-17(29)25-19-24-15-5-4-14(10-16(15)32-19)31-20(21,22)23/h4-5,10,13H,6-9,11-12H2,1-3H3,(H,24,25,29). The Morgan fingerprint density at radius 2 is 1.94 bits per heavy atom. The lowest BCUT2D eigenvalue weighted by molar-refractivity contribution is -0.274. The molecule has 0 unspecified atom stereocenters. The molecule has 2 amide bonds. The summed E-state index contributed by atoms with van der Waals surface area (Å²) in [6.45, 7) is 2.06. The molecule has 0 radical (unpaired) electrons. The molecule has 1 aromatic heterocycles. The highest BCUT2D eigenvalue weighted by molar-refractivity contribution is 7.22. The molecule has 32 heavy (non-hydrogen) atoms. The summed E-state index contributed by atoms with van der Waals surface area (Å²) >= 11 is 1.02. The first-order chi connectivity index (χ1) is 15.0. The number of nitrogens with zero attached hydrogens (tertiary/aromatic N) is 4. The Morgan fingerprint density at radius 3 is 2.59 bits per heavy atom. The van der Waals surface area contributed by atoms with Gasteiger partial charge in [0.1, 0.15) is 5.75 Å². The molecule has 1 N–H and O–H groups in total. The molecule has 1 aromatic carbocycles. The zero-order valence-corrected chi connectivity index (χ0v) is 18.9. The lowest BCUT2D eigenvalue weighted by Gasteiger charge is -2.35. The molecule has 8 nitrogen and oxygen atoms in total. The number of likely N-dealkylation sites (N-methyl/N-ethyl adjacent to an activating group) is 2. The number of hydrogen-bond acceptors (Lipinski definition) is 7. The van der Waals surface area contributed by atoms with Crippen molar-refractivity contribution >= 4 is 38.5 Å². The van der Waals surface area contributed by atoms with Crippen LogP contribution in [0.2, 0.25) is 0 Å². The number of rotatable bonds is 7. The normalized spacial score (nSPS) is 15.8. The Hall–Kier alpha value is -2.44. The van der Waals surface area contributed by atoms with E-state index in [9.17, 15) is 22.8 Å². The minimum absolute atomic E-state index is 0.154. The van der Waals surface area contributed by atoms with Crippen molar-refractivity contribution in [3.63, 3.8) is 0 Å². The minimum atomic E-state index is -4.78. The summed E-state index contributed by atoms with van der Waals surface area (Å²) in [6.07, 6.45) is -2.79. The lowest BCUT2D eigenvalue weighted by Crippen LogP contribution is -2.47. The highest BCUT2D eigenvalue weighted by Gasteiger charge is 2.31. The SMILES string of the molecule is CN1CCC(N(C)CC(=O)N(C)CC(=O)Nc2nc3ccc(OC(F)(F)F)cc3s2)CC1. The van der Waals surface area contributed by atoms with Crippen LogP contribution >= 0.6 is 11.3 Å². The van der Waals surface area contributed by atoms with E-state index in [1.807, 2.05) is 11.9 Å². The number of anilines is 1. The van der Waals surface area contributed by atoms with Crippen LogP contribution < -0.4 is 10.1 Å². The number of piperidine rings is 1. The zero-order chi connectivity index (χ0) is 23.5. The van der Waals surface area contributed by atoms with E-state index in [0.29, 0.717) is 16.3 Å². The molecule has 176 valence electrons. The number of fused-ring (bicyclic) bond motifs is 1. The first-order valence-electron chi connectivity index (χ1n) is 10.1. The molecule has 1 fully saturated rings. The minimum Gasteiger partial charge on any atom is -0.406 e. The van der Waals surface area contributed by atoms with E-state index in [-0.39, 0.29) is 29.9 Å². The predicted molar refractivity (Wildman–Crippen MR) is 116 cm³/mol. The lowest BCUT2D eigenvalue weighted by atomic mass is 10.0. The van der Waals surface area contributed by atoms with Crippen LogP contribution in [0.1, 0.15) is 12.8 Å². The molecule has 12 heteroatoms. The van der Waals surface area contributed by atoms with Gasteiger partial charge in [0.25, 0.3) is 0 Å². The van der Waals surface area contributed by atoms with E-state index in [2.05, 4.69) is 27.0 Å². The summed E-state index contributed by atoms with van der Waals surface area (Å²) in [5.41, 5.74) is 0.434. The Balaban J connectivity index is 1.51. The first kappa shape index (κ1) is 24.2. The third kappa shape index (κ3) is 6.78. The molecule has 0 saturated carbocycles. The summed E-state index contributed by atoms with van der Waals surface area (Å²) in [4.78, 5) is 34.7. The van der Waals surface area contributed by atoms with Crippen molar-refractivity contribution in [1.82, 2.24) is 19.7 Å². The van der Waals surface area contributed by atoms with Gasteiger partial charge in [-0.2, -0.15) is 0 Å². The van der Waals surface area contributed by atoms with Gasteiger partial charge in [0.05, 0.1) is 23.3 Å². The molecular formula is C20H26F3N5O3S. The van der Waals surface area contributed by atoms with E-state index >= 15 is 0 Å². The van der Waals surface area contributed by atoms with Crippen LogP contribution in [0, 0.1) is 0 Å². The number of likely N-dealkylation sites (tertiary alicyclic amines) is 1. The summed E-state index contributed by atoms with van der Waals surface area (Å²) in [7, 11) is 5.55. The number of halogens is 3. The summed E-state index contributed by atoms with van der Waals surface area (Å²) in [5.74, 6) is -0.959. The van der Waals surface area contributed by atoms with E-state index < -0.39 is 12.3 Å². The number of alkyl halides is 3. The van der Waals surface area contributed by atoms with Crippen molar-refractivity contribution < 1.29 is 27.5 Å². The molecule has 1 aliphatic heterocycles. The van der Waals surface area contributed by atoms with Crippen molar-refractivity contribution in [3.05, 3.63) is 18.2 Å². The topological polar surface area (TPSA) is 78.0 Å². The van der Waals surface area contributed by atoms with Gasteiger partial charge in [-0.05, 0) is 52.2 Å².